The number of esters is 1. The van der Waals surface area contributed by atoms with Gasteiger partial charge in [0.25, 0.3) is 0 Å². The van der Waals surface area contributed by atoms with Crippen LogP contribution in [0.2, 0.25) is 5.15 Å². The summed E-state index contributed by atoms with van der Waals surface area (Å²) < 4.78 is 4.61. The zero-order valence-electron chi connectivity index (χ0n) is 8.17. The minimum atomic E-state index is -0.462. The molecule has 0 bridgehead atoms. The molecule has 15 heavy (non-hydrogen) atoms. The highest BCUT2D eigenvalue weighted by Gasteiger charge is 2.16. The molecule has 0 amide bonds. The van der Waals surface area contributed by atoms with E-state index in [4.69, 9.17) is 11.6 Å². The maximum atomic E-state index is 11.4. The van der Waals surface area contributed by atoms with Crippen molar-refractivity contribution in [3.8, 4) is 0 Å². The second kappa shape index (κ2) is 3.51. The molecule has 2 aromatic heterocycles. The van der Waals surface area contributed by atoms with Crippen molar-refractivity contribution in [2.24, 2.45) is 0 Å². The van der Waals surface area contributed by atoms with Gasteiger partial charge in [-0.3, -0.25) is 0 Å². The van der Waals surface area contributed by atoms with Crippen LogP contribution in [0.25, 0.3) is 11.0 Å². The van der Waals surface area contributed by atoms with Gasteiger partial charge >= 0.3 is 5.97 Å². The van der Waals surface area contributed by atoms with Crippen molar-refractivity contribution in [2.45, 2.75) is 6.92 Å². The highest BCUT2D eigenvalue weighted by atomic mass is 35.5. The highest BCUT2D eigenvalue weighted by molar-refractivity contribution is 6.35. The van der Waals surface area contributed by atoms with E-state index < -0.39 is 5.97 Å². The second-order valence-electron chi connectivity index (χ2n) is 2.98. The largest absolute Gasteiger partial charge is 0.465 e. The van der Waals surface area contributed by atoms with E-state index in [9.17, 15) is 4.79 Å². The summed E-state index contributed by atoms with van der Waals surface area (Å²) in [6, 6.07) is 0. The van der Waals surface area contributed by atoms with Crippen molar-refractivity contribution >= 4 is 28.6 Å². The van der Waals surface area contributed by atoms with Crippen LogP contribution in [0, 0.1) is 6.92 Å². The minimum absolute atomic E-state index is 0.249. The Bertz CT molecular complexity index is 535. The fraction of sp³-hybridized carbons (Fsp3) is 0.222. The van der Waals surface area contributed by atoms with Crippen LogP contribution in [0.3, 0.4) is 0 Å². The van der Waals surface area contributed by atoms with Crippen LogP contribution in [-0.4, -0.2) is 28.0 Å². The summed E-state index contributed by atoms with van der Waals surface area (Å²) in [6.07, 6.45) is 1.51. The summed E-state index contributed by atoms with van der Waals surface area (Å²) in [7, 11) is 1.31. The lowest BCUT2D eigenvalue weighted by Gasteiger charge is -1.98. The number of carbonyl (C=O) groups is 1. The maximum Gasteiger partial charge on any atom is 0.340 e. The van der Waals surface area contributed by atoms with Gasteiger partial charge in [-0.2, -0.15) is 0 Å². The molecule has 2 rings (SSSR count). The van der Waals surface area contributed by atoms with Crippen LogP contribution in [-0.2, 0) is 4.74 Å². The summed E-state index contributed by atoms with van der Waals surface area (Å²) in [5.41, 5.74) is 0.880. The number of hydrogen-bond donors (Lipinski definition) is 1. The number of nitrogens with zero attached hydrogens (tertiary/aromatic N) is 2. The Balaban J connectivity index is 2.74. The molecule has 0 radical (unpaired) electrons. The van der Waals surface area contributed by atoms with E-state index in [-0.39, 0.29) is 5.15 Å². The number of aromatic amines is 1. The van der Waals surface area contributed by atoms with Gasteiger partial charge in [-0.25, -0.2) is 14.8 Å². The number of hydrogen-bond acceptors (Lipinski definition) is 4. The van der Waals surface area contributed by atoms with Crippen molar-refractivity contribution in [1.29, 1.82) is 0 Å². The topological polar surface area (TPSA) is 67.9 Å². The molecule has 0 unspecified atom stereocenters. The van der Waals surface area contributed by atoms with Gasteiger partial charge in [-0.05, 0) is 6.92 Å². The lowest BCUT2D eigenvalue weighted by atomic mass is 10.2. The van der Waals surface area contributed by atoms with Gasteiger partial charge in [-0.1, -0.05) is 11.6 Å². The third-order valence-corrected chi connectivity index (χ3v) is 2.28. The average Bonchev–Trinajstić information content (AvgIpc) is 2.60. The Morgan fingerprint density at radius 1 is 1.53 bits per heavy atom. The third kappa shape index (κ3) is 1.55. The molecule has 0 saturated heterocycles. The average molecular weight is 226 g/mol. The van der Waals surface area contributed by atoms with Gasteiger partial charge in [0, 0.05) is 6.20 Å². The summed E-state index contributed by atoms with van der Waals surface area (Å²) in [6.45, 7) is 1.73. The van der Waals surface area contributed by atoms with Gasteiger partial charge in [0.05, 0.1) is 18.1 Å². The van der Waals surface area contributed by atoms with Crippen molar-refractivity contribution in [1.82, 2.24) is 15.0 Å². The van der Waals surface area contributed by atoms with Gasteiger partial charge < -0.3 is 9.72 Å². The van der Waals surface area contributed by atoms with E-state index >= 15 is 0 Å². The van der Waals surface area contributed by atoms with Crippen molar-refractivity contribution in [3.05, 3.63) is 22.7 Å². The predicted octanol–water partition coefficient (Wildman–Crippen LogP) is 1.71. The van der Waals surface area contributed by atoms with Crippen molar-refractivity contribution in [3.63, 3.8) is 0 Å². The van der Waals surface area contributed by atoms with E-state index in [2.05, 4.69) is 19.7 Å². The smallest absolute Gasteiger partial charge is 0.340 e. The van der Waals surface area contributed by atoms with Crippen LogP contribution in [0.15, 0.2) is 6.20 Å². The minimum Gasteiger partial charge on any atom is -0.465 e. The van der Waals surface area contributed by atoms with E-state index in [1.54, 1.807) is 6.92 Å². The number of halogens is 1. The number of carbonyl (C=O) groups excluding carboxylic acids is 1. The van der Waals surface area contributed by atoms with Gasteiger partial charge in [0.1, 0.15) is 16.6 Å². The van der Waals surface area contributed by atoms with E-state index in [1.807, 2.05) is 0 Å². The Kier molecular flexibility index (Phi) is 2.32. The monoisotopic (exact) mass is 225 g/mol. The Labute approximate surface area is 90.4 Å². The second-order valence-corrected chi connectivity index (χ2v) is 3.34. The van der Waals surface area contributed by atoms with Crippen LogP contribution >= 0.6 is 11.6 Å². The standard InChI is InChI=1S/C9H8ClN3O2/c1-4-12-7(10)6-5(9(14)15-2)3-11-8(6)13-4/h3H,1-2H3,(H,11,12,13). The first-order valence-corrected chi connectivity index (χ1v) is 4.61. The molecule has 0 atom stereocenters. The molecule has 0 saturated carbocycles. The van der Waals surface area contributed by atoms with Crippen LogP contribution < -0.4 is 0 Å². The van der Waals surface area contributed by atoms with Crippen LogP contribution in [0.1, 0.15) is 16.2 Å². The number of rotatable bonds is 1. The molecule has 0 aliphatic carbocycles. The highest BCUT2D eigenvalue weighted by Crippen LogP contribution is 2.24. The van der Waals surface area contributed by atoms with E-state index in [0.717, 1.165) is 0 Å². The van der Waals surface area contributed by atoms with Gasteiger partial charge in [0.15, 0.2) is 0 Å². The Morgan fingerprint density at radius 2 is 2.27 bits per heavy atom. The van der Waals surface area contributed by atoms with E-state index in [1.165, 1.54) is 13.3 Å². The molecule has 5 nitrogen and oxygen atoms in total. The molecule has 1 N–H and O–H groups in total. The number of ether oxygens (including phenoxy) is 1. The van der Waals surface area contributed by atoms with Crippen LogP contribution in [0.5, 0.6) is 0 Å². The number of fused-ring (bicyclic) bond motifs is 1. The molecular formula is C9H8ClN3O2. The first kappa shape index (κ1) is 9.92. The zero-order valence-corrected chi connectivity index (χ0v) is 8.92. The molecule has 0 spiro atoms. The quantitative estimate of drug-likeness (QED) is 0.593. The third-order valence-electron chi connectivity index (χ3n) is 2.00. The molecule has 0 fully saturated rings. The molecule has 0 aliphatic rings. The summed E-state index contributed by atoms with van der Waals surface area (Å²) in [4.78, 5) is 22.3. The lowest BCUT2D eigenvalue weighted by molar-refractivity contribution is 0.0603. The fourth-order valence-corrected chi connectivity index (χ4v) is 1.68. The lowest BCUT2D eigenvalue weighted by Crippen LogP contribution is -2.00. The maximum absolute atomic E-state index is 11.4. The summed E-state index contributed by atoms with van der Waals surface area (Å²) >= 11 is 5.93. The van der Waals surface area contributed by atoms with Crippen molar-refractivity contribution < 1.29 is 9.53 Å². The normalized spacial score (nSPS) is 10.6. The van der Waals surface area contributed by atoms with Gasteiger partial charge in [0.2, 0.25) is 0 Å². The van der Waals surface area contributed by atoms with Crippen molar-refractivity contribution in [2.75, 3.05) is 7.11 Å². The summed E-state index contributed by atoms with van der Waals surface area (Å²) in [5, 5.41) is 0.744. The Hall–Kier alpha value is -1.62. The number of aryl methyl sites for hydroxylation is 1. The molecule has 0 aliphatic heterocycles. The number of aromatic nitrogens is 3. The molecule has 6 heteroatoms. The molecular weight excluding hydrogens is 218 g/mol. The predicted molar refractivity (Wildman–Crippen MR) is 55.0 cm³/mol. The number of H-pyrrole nitrogens is 1. The zero-order chi connectivity index (χ0) is 11.0. The number of nitrogens with one attached hydrogen (secondary N) is 1. The number of methoxy groups -OCH3 is 1. The van der Waals surface area contributed by atoms with Crippen LogP contribution in [0.4, 0.5) is 0 Å². The van der Waals surface area contributed by atoms with Gasteiger partial charge in [-0.15, -0.1) is 0 Å². The SMILES string of the molecule is COC(=O)c1c[nH]c2nc(C)nc(Cl)c12. The molecule has 0 aromatic carbocycles. The van der Waals surface area contributed by atoms with E-state index in [0.29, 0.717) is 22.4 Å². The first-order chi connectivity index (χ1) is 7.13. The fourth-order valence-electron chi connectivity index (χ4n) is 1.37. The Morgan fingerprint density at radius 3 is 2.93 bits per heavy atom. The summed E-state index contributed by atoms with van der Waals surface area (Å²) in [5.74, 6) is 0.0846. The first-order valence-electron chi connectivity index (χ1n) is 4.23. The molecule has 2 aromatic rings. The molecule has 78 valence electrons. The molecule has 2 heterocycles.